The van der Waals surface area contributed by atoms with Crippen LogP contribution in [0.4, 0.5) is 5.82 Å². The van der Waals surface area contributed by atoms with E-state index in [4.69, 9.17) is 4.98 Å². The van der Waals surface area contributed by atoms with Crippen LogP contribution in [0.25, 0.3) is 0 Å². The lowest BCUT2D eigenvalue weighted by atomic mass is 9.88. The maximum Gasteiger partial charge on any atom is 0.128 e. The average Bonchev–Trinajstić information content (AvgIpc) is 3.12. The average molecular weight is 335 g/mol. The van der Waals surface area contributed by atoms with Gasteiger partial charge in [0.15, 0.2) is 0 Å². The van der Waals surface area contributed by atoms with Gasteiger partial charge in [-0.1, -0.05) is 44.2 Å². The molecule has 132 valence electrons. The molecular formula is C22H29N3. The number of fused-ring (bicyclic) bond motifs is 1. The van der Waals surface area contributed by atoms with Gasteiger partial charge in [0.2, 0.25) is 0 Å². The lowest BCUT2D eigenvalue weighted by Crippen LogP contribution is -2.29. The summed E-state index contributed by atoms with van der Waals surface area (Å²) in [6.45, 7) is 10.1. The second kappa shape index (κ2) is 6.45. The number of pyridine rings is 1. The van der Waals surface area contributed by atoms with Crippen molar-refractivity contribution in [1.82, 2.24) is 9.88 Å². The van der Waals surface area contributed by atoms with E-state index in [0.717, 1.165) is 24.8 Å². The summed E-state index contributed by atoms with van der Waals surface area (Å²) in [7, 11) is 2.29. The van der Waals surface area contributed by atoms with Gasteiger partial charge >= 0.3 is 0 Å². The molecule has 2 aromatic rings. The van der Waals surface area contributed by atoms with E-state index in [1.54, 1.807) is 0 Å². The van der Waals surface area contributed by atoms with Gasteiger partial charge in [-0.15, -0.1) is 0 Å². The molecule has 0 amide bonds. The van der Waals surface area contributed by atoms with Gasteiger partial charge in [-0.3, -0.25) is 4.90 Å². The molecule has 2 fully saturated rings. The minimum Gasteiger partial charge on any atom is -0.356 e. The second-order valence-corrected chi connectivity index (χ2v) is 8.15. The molecule has 2 aliphatic heterocycles. The van der Waals surface area contributed by atoms with Crippen molar-refractivity contribution in [3.63, 3.8) is 0 Å². The number of rotatable bonds is 3. The molecule has 0 spiro atoms. The Morgan fingerprint density at radius 3 is 2.56 bits per heavy atom. The van der Waals surface area contributed by atoms with Gasteiger partial charge in [0.1, 0.15) is 5.82 Å². The topological polar surface area (TPSA) is 19.4 Å². The van der Waals surface area contributed by atoms with Crippen molar-refractivity contribution < 1.29 is 0 Å². The van der Waals surface area contributed by atoms with Crippen molar-refractivity contribution in [2.45, 2.75) is 32.7 Å². The molecule has 0 saturated carbocycles. The van der Waals surface area contributed by atoms with Crippen LogP contribution in [0.1, 0.15) is 42.6 Å². The van der Waals surface area contributed by atoms with E-state index in [1.807, 2.05) is 0 Å². The van der Waals surface area contributed by atoms with Crippen LogP contribution in [0, 0.1) is 18.8 Å². The Balaban J connectivity index is 1.59. The largest absolute Gasteiger partial charge is 0.356 e. The number of nitrogens with zero attached hydrogens (tertiary/aromatic N) is 3. The zero-order valence-corrected chi connectivity index (χ0v) is 15.8. The van der Waals surface area contributed by atoms with Gasteiger partial charge in [-0.2, -0.15) is 0 Å². The number of aromatic nitrogens is 1. The predicted octanol–water partition coefficient (Wildman–Crippen LogP) is 4.25. The highest BCUT2D eigenvalue weighted by molar-refractivity contribution is 5.43. The fourth-order valence-electron chi connectivity index (χ4n) is 4.77. The van der Waals surface area contributed by atoms with E-state index in [2.05, 4.69) is 80.1 Å². The van der Waals surface area contributed by atoms with E-state index in [9.17, 15) is 0 Å². The van der Waals surface area contributed by atoms with E-state index in [1.165, 1.54) is 23.4 Å². The van der Waals surface area contributed by atoms with E-state index in [0.29, 0.717) is 17.9 Å². The minimum atomic E-state index is 0.480. The molecule has 0 aliphatic carbocycles. The molecule has 0 unspecified atom stereocenters. The molecule has 25 heavy (non-hydrogen) atoms. The second-order valence-electron chi connectivity index (χ2n) is 8.15. The van der Waals surface area contributed by atoms with Crippen LogP contribution in [0.2, 0.25) is 0 Å². The maximum atomic E-state index is 4.93. The van der Waals surface area contributed by atoms with Gasteiger partial charge in [-0.25, -0.2) is 4.98 Å². The molecule has 3 atom stereocenters. The Morgan fingerprint density at radius 1 is 1.00 bits per heavy atom. The normalized spacial score (nSPS) is 26.4. The fraction of sp³-hybridized carbons (Fsp3) is 0.500. The quantitative estimate of drug-likeness (QED) is 0.836. The van der Waals surface area contributed by atoms with Crippen LogP contribution in [0.15, 0.2) is 42.5 Å². The molecule has 4 rings (SSSR count). The van der Waals surface area contributed by atoms with E-state index >= 15 is 0 Å². The summed E-state index contributed by atoms with van der Waals surface area (Å²) in [5.41, 5.74) is 4.11. The first-order chi connectivity index (χ1) is 12.0. The molecule has 0 N–H and O–H groups in total. The zero-order chi connectivity index (χ0) is 17.6. The van der Waals surface area contributed by atoms with Crippen molar-refractivity contribution in [2.75, 3.05) is 31.6 Å². The highest BCUT2D eigenvalue weighted by Crippen LogP contribution is 2.45. The fourth-order valence-corrected chi connectivity index (χ4v) is 4.77. The Morgan fingerprint density at radius 2 is 1.80 bits per heavy atom. The molecule has 2 aliphatic rings. The molecule has 1 aromatic carbocycles. The van der Waals surface area contributed by atoms with E-state index < -0.39 is 0 Å². The van der Waals surface area contributed by atoms with E-state index in [-0.39, 0.29) is 0 Å². The third kappa shape index (κ3) is 2.95. The minimum absolute atomic E-state index is 0.480. The summed E-state index contributed by atoms with van der Waals surface area (Å²) in [4.78, 5) is 10.0. The van der Waals surface area contributed by atoms with Crippen molar-refractivity contribution >= 4 is 5.82 Å². The molecule has 0 radical (unpaired) electrons. The monoisotopic (exact) mass is 335 g/mol. The first-order valence-corrected chi connectivity index (χ1v) is 9.52. The number of hydrogen-bond donors (Lipinski definition) is 0. The highest BCUT2D eigenvalue weighted by atomic mass is 15.3. The van der Waals surface area contributed by atoms with Crippen LogP contribution in [0.5, 0.6) is 0 Å². The van der Waals surface area contributed by atoms with Crippen LogP contribution in [-0.4, -0.2) is 36.6 Å². The Kier molecular flexibility index (Phi) is 4.28. The first-order valence-electron chi connectivity index (χ1n) is 9.52. The number of anilines is 1. The van der Waals surface area contributed by atoms with Gasteiger partial charge < -0.3 is 4.90 Å². The highest BCUT2D eigenvalue weighted by Gasteiger charge is 2.46. The van der Waals surface area contributed by atoms with Crippen molar-refractivity contribution in [3.05, 3.63) is 59.3 Å². The number of aryl methyl sites for hydroxylation is 1. The lowest BCUT2D eigenvalue weighted by molar-refractivity contribution is 0.279. The van der Waals surface area contributed by atoms with Crippen LogP contribution >= 0.6 is 0 Å². The molecule has 0 bridgehead atoms. The van der Waals surface area contributed by atoms with Crippen LogP contribution in [-0.2, 0) is 0 Å². The van der Waals surface area contributed by atoms with Crippen LogP contribution < -0.4 is 4.90 Å². The summed E-state index contributed by atoms with van der Waals surface area (Å²) in [6, 6.07) is 15.9. The first kappa shape index (κ1) is 16.6. The standard InChI is InChI=1S/C22H29N3/c1-15(2)20-10-7-11-21(23-20)25-13-17-12-24(4)22(19(17)14-25)18-9-6-5-8-16(18)3/h5-11,15,17,19,22H,12-14H2,1-4H3/t17-,19+,22-/m0/s1. The summed E-state index contributed by atoms with van der Waals surface area (Å²) in [6.07, 6.45) is 0. The predicted molar refractivity (Wildman–Crippen MR) is 104 cm³/mol. The van der Waals surface area contributed by atoms with Crippen molar-refractivity contribution in [1.29, 1.82) is 0 Å². The third-order valence-corrected chi connectivity index (χ3v) is 6.07. The summed E-state index contributed by atoms with van der Waals surface area (Å²) >= 11 is 0. The summed E-state index contributed by atoms with van der Waals surface area (Å²) in [5.74, 6) is 3.06. The zero-order valence-electron chi connectivity index (χ0n) is 15.8. The molecular weight excluding hydrogens is 306 g/mol. The third-order valence-electron chi connectivity index (χ3n) is 6.07. The van der Waals surface area contributed by atoms with Gasteiger partial charge in [0.05, 0.1) is 0 Å². The Labute approximate surface area is 151 Å². The lowest BCUT2D eigenvalue weighted by Gasteiger charge is -2.28. The molecule has 3 heteroatoms. The van der Waals surface area contributed by atoms with Gasteiger partial charge in [-0.05, 0) is 49.1 Å². The molecule has 3 heterocycles. The smallest absolute Gasteiger partial charge is 0.128 e. The number of hydrogen-bond acceptors (Lipinski definition) is 3. The van der Waals surface area contributed by atoms with Crippen molar-refractivity contribution in [2.24, 2.45) is 11.8 Å². The SMILES string of the molecule is Cc1ccccc1[C@H]1[C@@H]2CN(c3cccc(C(C)C)n3)C[C@@H]2CN1C. The van der Waals surface area contributed by atoms with Crippen molar-refractivity contribution in [3.8, 4) is 0 Å². The Bertz CT molecular complexity index is 754. The number of benzene rings is 1. The molecule has 2 saturated heterocycles. The molecule has 1 aromatic heterocycles. The summed E-state index contributed by atoms with van der Waals surface area (Å²) < 4.78 is 0. The molecule has 3 nitrogen and oxygen atoms in total. The van der Waals surface area contributed by atoms with Crippen LogP contribution in [0.3, 0.4) is 0 Å². The maximum absolute atomic E-state index is 4.93. The summed E-state index contributed by atoms with van der Waals surface area (Å²) in [5, 5.41) is 0. The Hall–Kier alpha value is -1.87. The van der Waals surface area contributed by atoms with Gasteiger partial charge in [0.25, 0.3) is 0 Å². The van der Waals surface area contributed by atoms with Gasteiger partial charge in [0, 0.05) is 37.3 Å². The number of likely N-dealkylation sites (tertiary alicyclic amines) is 1.